The summed E-state index contributed by atoms with van der Waals surface area (Å²) < 4.78 is 12.8. The van der Waals surface area contributed by atoms with Crippen molar-refractivity contribution in [3.05, 3.63) is 55.0 Å². The van der Waals surface area contributed by atoms with E-state index in [1.165, 1.54) is 22.8 Å². The number of rotatable bonds is 6. The van der Waals surface area contributed by atoms with Gasteiger partial charge in [-0.1, -0.05) is 54.5 Å². The Morgan fingerprint density at radius 1 is 1.31 bits per heavy atom. The van der Waals surface area contributed by atoms with Crippen molar-refractivity contribution in [1.82, 2.24) is 14.6 Å². The van der Waals surface area contributed by atoms with Gasteiger partial charge in [-0.25, -0.2) is 4.98 Å². The highest BCUT2D eigenvalue weighted by Crippen LogP contribution is 2.64. The third kappa shape index (κ3) is 4.27. The maximum atomic E-state index is 12.9. The van der Waals surface area contributed by atoms with E-state index in [0.717, 1.165) is 5.56 Å². The van der Waals surface area contributed by atoms with Gasteiger partial charge in [0.1, 0.15) is 4.49 Å². The number of hydrogen-bond acceptors (Lipinski definition) is 7. The Morgan fingerprint density at radius 2 is 2.06 bits per heavy atom. The molecule has 0 spiro atoms. The molecule has 1 aliphatic carbocycles. The molecule has 0 radical (unpaired) electrons. The zero-order valence-electron chi connectivity index (χ0n) is 17.9. The van der Waals surface area contributed by atoms with Gasteiger partial charge in [-0.15, -0.1) is 5.10 Å². The summed E-state index contributed by atoms with van der Waals surface area (Å²) >= 11 is 12.9. The topological polar surface area (TPSA) is 82.8 Å². The molecule has 1 aliphatic rings. The molecule has 2 heterocycles. The molecule has 0 amide bonds. The van der Waals surface area contributed by atoms with Gasteiger partial charge in [-0.2, -0.15) is 4.52 Å². The van der Waals surface area contributed by atoms with Crippen LogP contribution in [0.3, 0.4) is 0 Å². The maximum Gasteiger partial charge on any atom is 0.308 e. The Morgan fingerprint density at radius 3 is 2.69 bits per heavy atom. The standard InChI is InChI=1S/C22H21Cl2N3O4S/c1-5-30-15-8-12(6-7-14(15)31-11(2)28)9-16-20(29)27-21(32-16)25-19(26-27)18-13(10-17(23)24)22(18,3)4/h6-10,13,18H,5H2,1-4H3/b16-9+. The van der Waals surface area contributed by atoms with Crippen LogP contribution in [0, 0.1) is 11.3 Å². The Labute approximate surface area is 198 Å². The van der Waals surface area contributed by atoms with Crippen LogP contribution in [0.1, 0.15) is 45.0 Å². The van der Waals surface area contributed by atoms with Crippen LogP contribution in [-0.2, 0) is 4.79 Å². The fraction of sp³-hybridized carbons (Fsp3) is 0.364. The third-order valence-electron chi connectivity index (χ3n) is 5.51. The molecule has 1 saturated carbocycles. The smallest absolute Gasteiger partial charge is 0.308 e. The molecule has 0 N–H and O–H groups in total. The molecule has 0 saturated heterocycles. The number of esters is 1. The first-order valence-corrected chi connectivity index (χ1v) is 11.6. The van der Waals surface area contributed by atoms with E-state index in [9.17, 15) is 9.59 Å². The van der Waals surface area contributed by atoms with Crippen molar-refractivity contribution < 1.29 is 14.3 Å². The van der Waals surface area contributed by atoms with Crippen LogP contribution >= 0.6 is 34.5 Å². The fourth-order valence-corrected chi connectivity index (χ4v) is 5.06. The number of ether oxygens (including phenoxy) is 2. The van der Waals surface area contributed by atoms with Gasteiger partial charge in [0.25, 0.3) is 5.56 Å². The zero-order valence-corrected chi connectivity index (χ0v) is 20.2. The van der Waals surface area contributed by atoms with E-state index in [1.54, 1.807) is 30.4 Å². The third-order valence-corrected chi connectivity index (χ3v) is 6.72. The van der Waals surface area contributed by atoms with E-state index in [4.69, 9.17) is 32.7 Å². The molecule has 2 atom stereocenters. The van der Waals surface area contributed by atoms with Gasteiger partial charge in [0.15, 0.2) is 17.3 Å². The lowest BCUT2D eigenvalue weighted by Crippen LogP contribution is -2.23. The van der Waals surface area contributed by atoms with E-state index >= 15 is 0 Å². The van der Waals surface area contributed by atoms with Gasteiger partial charge < -0.3 is 9.47 Å². The summed E-state index contributed by atoms with van der Waals surface area (Å²) in [5.41, 5.74) is 0.409. The number of nitrogens with zero attached hydrogens (tertiary/aromatic N) is 3. The first-order chi connectivity index (χ1) is 15.1. The molecule has 2 unspecified atom stereocenters. The molecular weight excluding hydrogens is 473 g/mol. The molecule has 10 heteroatoms. The van der Waals surface area contributed by atoms with Crippen LogP contribution in [0.4, 0.5) is 0 Å². The average Bonchev–Trinajstić information content (AvgIpc) is 2.98. The Hall–Kier alpha value is -2.42. The summed E-state index contributed by atoms with van der Waals surface area (Å²) in [6, 6.07) is 5.12. The van der Waals surface area contributed by atoms with Gasteiger partial charge in [-0.3, -0.25) is 9.59 Å². The number of hydrogen-bond donors (Lipinski definition) is 0. The molecule has 2 aromatic heterocycles. The van der Waals surface area contributed by atoms with Gasteiger partial charge in [-0.05, 0) is 48.1 Å². The first kappa shape index (κ1) is 22.8. The lowest BCUT2D eigenvalue weighted by atomic mass is 10.1. The quantitative estimate of drug-likeness (QED) is 0.380. The molecule has 0 aliphatic heterocycles. The van der Waals surface area contributed by atoms with E-state index in [1.807, 2.05) is 6.92 Å². The Balaban J connectivity index is 1.68. The van der Waals surface area contributed by atoms with Gasteiger partial charge in [0, 0.05) is 12.8 Å². The second-order valence-corrected chi connectivity index (χ2v) is 10.1. The predicted octanol–water partition coefficient (Wildman–Crippen LogP) is 4.08. The van der Waals surface area contributed by atoms with E-state index in [-0.39, 0.29) is 27.3 Å². The minimum absolute atomic E-state index is 0.0523. The number of benzene rings is 1. The molecule has 1 fully saturated rings. The van der Waals surface area contributed by atoms with Crippen LogP contribution in [-0.4, -0.2) is 27.2 Å². The van der Waals surface area contributed by atoms with Crippen molar-refractivity contribution in [3.63, 3.8) is 0 Å². The van der Waals surface area contributed by atoms with Crippen molar-refractivity contribution in [2.24, 2.45) is 11.3 Å². The van der Waals surface area contributed by atoms with Crippen molar-refractivity contribution in [2.45, 2.75) is 33.6 Å². The molecule has 32 heavy (non-hydrogen) atoms. The summed E-state index contributed by atoms with van der Waals surface area (Å²) in [6.45, 7) is 7.76. The number of fused-ring (bicyclic) bond motifs is 1. The number of thiazole rings is 1. The summed E-state index contributed by atoms with van der Waals surface area (Å²) in [7, 11) is 0. The lowest BCUT2D eigenvalue weighted by molar-refractivity contribution is -0.132. The van der Waals surface area contributed by atoms with Gasteiger partial charge in [0.05, 0.1) is 11.1 Å². The normalized spacial score (nSPS) is 19.8. The van der Waals surface area contributed by atoms with Gasteiger partial charge in [0.2, 0.25) is 4.96 Å². The largest absolute Gasteiger partial charge is 0.490 e. The highest BCUT2D eigenvalue weighted by atomic mass is 35.5. The Kier molecular flexibility index (Phi) is 6.04. The molecule has 1 aromatic carbocycles. The van der Waals surface area contributed by atoms with Crippen LogP contribution < -0.4 is 19.6 Å². The second-order valence-electron chi connectivity index (χ2n) is 8.09. The lowest BCUT2D eigenvalue weighted by Gasteiger charge is -2.10. The Bertz CT molecular complexity index is 1340. The van der Waals surface area contributed by atoms with Crippen LogP contribution in [0.25, 0.3) is 11.0 Å². The van der Waals surface area contributed by atoms with Crippen LogP contribution in [0.2, 0.25) is 0 Å². The molecule has 7 nitrogen and oxygen atoms in total. The van der Waals surface area contributed by atoms with E-state index < -0.39 is 5.97 Å². The average molecular weight is 494 g/mol. The first-order valence-electron chi connectivity index (χ1n) is 10.0. The summed E-state index contributed by atoms with van der Waals surface area (Å²) in [4.78, 5) is 29.3. The fourth-order valence-electron chi connectivity index (χ4n) is 3.87. The minimum atomic E-state index is -0.434. The molecule has 4 rings (SSSR count). The van der Waals surface area contributed by atoms with E-state index in [2.05, 4.69) is 23.9 Å². The van der Waals surface area contributed by atoms with E-state index in [0.29, 0.717) is 33.4 Å². The van der Waals surface area contributed by atoms with Gasteiger partial charge >= 0.3 is 5.97 Å². The summed E-state index contributed by atoms with van der Waals surface area (Å²) in [5.74, 6) is 1.12. The number of carbonyl (C=O) groups excluding carboxylic acids is 1. The maximum absolute atomic E-state index is 12.9. The second kappa shape index (κ2) is 8.50. The summed E-state index contributed by atoms with van der Waals surface area (Å²) in [5, 5.41) is 4.47. The molecule has 3 aromatic rings. The highest BCUT2D eigenvalue weighted by molar-refractivity contribution is 7.15. The minimum Gasteiger partial charge on any atom is -0.490 e. The van der Waals surface area contributed by atoms with Crippen LogP contribution in [0.5, 0.6) is 11.5 Å². The molecule has 0 bridgehead atoms. The van der Waals surface area contributed by atoms with Crippen LogP contribution in [0.15, 0.2) is 33.6 Å². The number of halogens is 2. The molecule has 168 valence electrons. The SMILES string of the molecule is CCOc1cc(/C=c2/sc3nc(C4C(C=C(Cl)Cl)C4(C)C)nn3c2=O)ccc1OC(C)=O. The number of aromatic nitrogens is 3. The highest BCUT2D eigenvalue weighted by Gasteiger charge is 2.59. The predicted molar refractivity (Wildman–Crippen MR) is 125 cm³/mol. The number of allylic oxidation sites excluding steroid dienone is 1. The molecular formula is C22H21Cl2N3O4S. The zero-order chi connectivity index (χ0) is 23.2. The van der Waals surface area contributed by atoms with Crippen molar-refractivity contribution in [1.29, 1.82) is 0 Å². The monoisotopic (exact) mass is 493 g/mol. The van der Waals surface area contributed by atoms with Crippen molar-refractivity contribution >= 4 is 51.5 Å². The van der Waals surface area contributed by atoms with Crippen molar-refractivity contribution in [3.8, 4) is 11.5 Å². The van der Waals surface area contributed by atoms with Crippen molar-refractivity contribution in [2.75, 3.05) is 6.61 Å². The summed E-state index contributed by atoms with van der Waals surface area (Å²) in [6.07, 6.45) is 3.54. The number of carbonyl (C=O) groups is 1.